The van der Waals surface area contributed by atoms with E-state index < -0.39 is 11.5 Å². The van der Waals surface area contributed by atoms with Crippen molar-refractivity contribution in [2.24, 2.45) is 0 Å². The molecule has 6 nitrogen and oxygen atoms in total. The molecule has 1 aromatic heterocycles. The zero-order valence-electron chi connectivity index (χ0n) is 14.6. The Morgan fingerprint density at radius 3 is 2.52 bits per heavy atom. The number of hydrogen-bond acceptors (Lipinski definition) is 3. The number of aliphatic carboxylic acids is 1. The van der Waals surface area contributed by atoms with Gasteiger partial charge in [-0.3, -0.25) is 4.79 Å². The fourth-order valence-corrected chi connectivity index (χ4v) is 3.67. The Labute approximate surface area is 147 Å². The van der Waals surface area contributed by atoms with Crippen LogP contribution in [0.1, 0.15) is 48.0 Å². The summed E-state index contributed by atoms with van der Waals surface area (Å²) in [6.45, 7) is 1.92. The van der Waals surface area contributed by atoms with E-state index in [0.29, 0.717) is 18.4 Å². The molecule has 1 aromatic carbocycles. The number of benzene rings is 1. The molecule has 0 radical (unpaired) electrons. The highest BCUT2D eigenvalue weighted by molar-refractivity contribution is 5.98. The van der Waals surface area contributed by atoms with Crippen LogP contribution in [0.15, 0.2) is 36.7 Å². The summed E-state index contributed by atoms with van der Waals surface area (Å²) >= 11 is 0. The first-order chi connectivity index (χ1) is 12.0. The molecule has 0 saturated heterocycles. The average molecular weight is 341 g/mol. The van der Waals surface area contributed by atoms with E-state index in [1.54, 1.807) is 30.1 Å². The van der Waals surface area contributed by atoms with Gasteiger partial charge in [0.15, 0.2) is 0 Å². The van der Waals surface area contributed by atoms with Gasteiger partial charge in [-0.25, -0.2) is 9.48 Å². The molecule has 1 fully saturated rings. The molecule has 1 saturated carbocycles. The lowest BCUT2D eigenvalue weighted by Crippen LogP contribution is -2.56. The number of amides is 1. The highest BCUT2D eigenvalue weighted by atomic mass is 16.4. The maximum atomic E-state index is 12.9. The van der Waals surface area contributed by atoms with Crippen LogP contribution in [0, 0.1) is 6.92 Å². The van der Waals surface area contributed by atoms with Crippen LogP contribution in [0.5, 0.6) is 0 Å². The van der Waals surface area contributed by atoms with Crippen LogP contribution in [0.25, 0.3) is 5.69 Å². The van der Waals surface area contributed by atoms with Gasteiger partial charge in [-0.2, -0.15) is 5.10 Å². The standard InChI is InChI=1S/C19H23N3O3/c1-14-13-15(7-8-16(14)22-12-6-11-20-22)17(23)21(2)19(18(24)25)9-4-3-5-10-19/h6-8,11-13H,3-5,9-10H2,1-2H3,(H,24,25). The van der Waals surface area contributed by atoms with Crippen LogP contribution in [0.3, 0.4) is 0 Å². The fraction of sp³-hybridized carbons (Fsp3) is 0.421. The topological polar surface area (TPSA) is 75.4 Å². The van der Waals surface area contributed by atoms with Gasteiger partial charge in [-0.05, 0) is 49.6 Å². The quantitative estimate of drug-likeness (QED) is 0.927. The minimum atomic E-state index is -1.09. The van der Waals surface area contributed by atoms with E-state index in [1.165, 1.54) is 4.90 Å². The number of hydrogen-bond donors (Lipinski definition) is 1. The lowest BCUT2D eigenvalue weighted by molar-refractivity contribution is -0.151. The van der Waals surface area contributed by atoms with Gasteiger partial charge in [-0.15, -0.1) is 0 Å². The van der Waals surface area contributed by atoms with Gasteiger partial charge < -0.3 is 10.0 Å². The summed E-state index contributed by atoms with van der Waals surface area (Å²) < 4.78 is 1.74. The lowest BCUT2D eigenvalue weighted by Gasteiger charge is -2.41. The predicted octanol–water partition coefficient (Wildman–Crippen LogP) is 3.04. The number of carboxylic acids is 1. The number of nitrogens with zero attached hydrogens (tertiary/aromatic N) is 3. The molecular formula is C19H23N3O3. The molecule has 25 heavy (non-hydrogen) atoms. The second kappa shape index (κ2) is 6.70. The third-order valence-electron chi connectivity index (χ3n) is 5.22. The Bertz CT molecular complexity index is 777. The van der Waals surface area contributed by atoms with Crippen LogP contribution in [0.2, 0.25) is 0 Å². The Morgan fingerprint density at radius 2 is 1.96 bits per heavy atom. The molecule has 1 aliphatic rings. The van der Waals surface area contributed by atoms with Crippen LogP contribution in [-0.4, -0.2) is 44.3 Å². The lowest BCUT2D eigenvalue weighted by atomic mass is 9.80. The Kier molecular flexibility index (Phi) is 4.61. The number of aryl methyl sites for hydroxylation is 1. The Hall–Kier alpha value is -2.63. The molecule has 0 aliphatic heterocycles. The number of rotatable bonds is 4. The summed E-state index contributed by atoms with van der Waals surface area (Å²) in [5.41, 5.74) is 1.22. The molecule has 6 heteroatoms. The summed E-state index contributed by atoms with van der Waals surface area (Å²) in [5, 5.41) is 14.0. The van der Waals surface area contributed by atoms with Gasteiger partial charge in [0.25, 0.3) is 5.91 Å². The van der Waals surface area contributed by atoms with Gasteiger partial charge >= 0.3 is 5.97 Å². The van der Waals surface area contributed by atoms with Crippen molar-refractivity contribution in [3.8, 4) is 5.69 Å². The SMILES string of the molecule is Cc1cc(C(=O)N(C)C2(C(=O)O)CCCCC2)ccc1-n1cccn1. The van der Waals surface area contributed by atoms with Crippen LogP contribution in [-0.2, 0) is 4.79 Å². The Balaban J connectivity index is 1.89. The third-order valence-corrected chi connectivity index (χ3v) is 5.22. The summed E-state index contributed by atoms with van der Waals surface area (Å²) in [6, 6.07) is 7.22. The Morgan fingerprint density at radius 1 is 1.24 bits per heavy atom. The second-order valence-corrected chi connectivity index (χ2v) is 6.71. The minimum absolute atomic E-state index is 0.251. The zero-order chi connectivity index (χ0) is 18.0. The maximum absolute atomic E-state index is 12.9. The molecule has 0 atom stereocenters. The van der Waals surface area contributed by atoms with Crippen molar-refractivity contribution in [3.63, 3.8) is 0 Å². The molecule has 1 amide bonds. The largest absolute Gasteiger partial charge is 0.479 e. The van der Waals surface area contributed by atoms with E-state index in [0.717, 1.165) is 30.5 Å². The van der Waals surface area contributed by atoms with Gasteiger partial charge in [0, 0.05) is 25.0 Å². The number of aromatic nitrogens is 2. The van der Waals surface area contributed by atoms with Gasteiger partial charge in [0.05, 0.1) is 5.69 Å². The van der Waals surface area contributed by atoms with Crippen molar-refractivity contribution in [2.45, 2.75) is 44.6 Å². The van der Waals surface area contributed by atoms with Gasteiger partial charge in [0.2, 0.25) is 0 Å². The molecule has 2 aromatic rings. The van der Waals surface area contributed by atoms with E-state index in [4.69, 9.17) is 0 Å². The summed E-state index contributed by atoms with van der Waals surface area (Å²) in [7, 11) is 1.61. The molecule has 0 unspecified atom stereocenters. The van der Waals surface area contributed by atoms with E-state index in [1.807, 2.05) is 25.3 Å². The smallest absolute Gasteiger partial charge is 0.329 e. The maximum Gasteiger partial charge on any atom is 0.329 e. The first-order valence-electron chi connectivity index (χ1n) is 8.58. The highest BCUT2D eigenvalue weighted by Crippen LogP contribution is 2.34. The molecule has 1 aliphatic carbocycles. The highest BCUT2D eigenvalue weighted by Gasteiger charge is 2.45. The van der Waals surface area contributed by atoms with Crippen molar-refractivity contribution >= 4 is 11.9 Å². The molecular weight excluding hydrogens is 318 g/mol. The first-order valence-corrected chi connectivity index (χ1v) is 8.58. The van der Waals surface area contributed by atoms with E-state index in [-0.39, 0.29) is 5.91 Å². The van der Waals surface area contributed by atoms with Gasteiger partial charge in [-0.1, -0.05) is 19.3 Å². The summed E-state index contributed by atoms with van der Waals surface area (Å²) in [5.74, 6) is -1.16. The number of carboxylic acid groups (broad SMARTS) is 1. The summed E-state index contributed by atoms with van der Waals surface area (Å²) in [4.78, 5) is 26.3. The van der Waals surface area contributed by atoms with Crippen LogP contribution < -0.4 is 0 Å². The normalized spacial score (nSPS) is 16.4. The van der Waals surface area contributed by atoms with Crippen molar-refractivity contribution in [2.75, 3.05) is 7.05 Å². The fourth-order valence-electron chi connectivity index (χ4n) is 3.67. The average Bonchev–Trinajstić information content (AvgIpc) is 3.15. The first kappa shape index (κ1) is 17.2. The number of carbonyl (C=O) groups excluding carboxylic acids is 1. The summed E-state index contributed by atoms with van der Waals surface area (Å²) in [6.07, 6.45) is 7.25. The molecule has 1 heterocycles. The van der Waals surface area contributed by atoms with E-state index in [2.05, 4.69) is 5.10 Å². The van der Waals surface area contributed by atoms with Crippen LogP contribution in [0.4, 0.5) is 0 Å². The van der Waals surface area contributed by atoms with Gasteiger partial charge in [0.1, 0.15) is 5.54 Å². The molecule has 132 valence electrons. The van der Waals surface area contributed by atoms with Crippen molar-refractivity contribution in [3.05, 3.63) is 47.8 Å². The van der Waals surface area contributed by atoms with Crippen molar-refractivity contribution < 1.29 is 14.7 Å². The molecule has 0 bridgehead atoms. The van der Waals surface area contributed by atoms with E-state index in [9.17, 15) is 14.7 Å². The predicted molar refractivity (Wildman–Crippen MR) is 93.8 cm³/mol. The minimum Gasteiger partial charge on any atom is -0.479 e. The number of carbonyl (C=O) groups is 2. The van der Waals surface area contributed by atoms with Crippen molar-refractivity contribution in [1.82, 2.24) is 14.7 Å². The number of likely N-dealkylation sites (N-methyl/N-ethyl adjacent to an activating group) is 1. The molecule has 1 N–H and O–H groups in total. The third kappa shape index (κ3) is 3.04. The molecule has 0 spiro atoms. The monoisotopic (exact) mass is 341 g/mol. The second-order valence-electron chi connectivity index (χ2n) is 6.71. The zero-order valence-corrected chi connectivity index (χ0v) is 14.6. The van der Waals surface area contributed by atoms with Crippen molar-refractivity contribution in [1.29, 1.82) is 0 Å². The van der Waals surface area contributed by atoms with Crippen LogP contribution >= 0.6 is 0 Å². The van der Waals surface area contributed by atoms with E-state index >= 15 is 0 Å². The molecule has 3 rings (SSSR count).